The summed E-state index contributed by atoms with van der Waals surface area (Å²) in [6, 6.07) is 5.20. The second-order valence-electron chi connectivity index (χ2n) is 4.94. The van der Waals surface area contributed by atoms with E-state index in [9.17, 15) is 8.42 Å². The lowest BCUT2D eigenvalue weighted by Gasteiger charge is -2.22. The van der Waals surface area contributed by atoms with Gasteiger partial charge in [0, 0.05) is 10.5 Å². The fourth-order valence-electron chi connectivity index (χ4n) is 2.30. The van der Waals surface area contributed by atoms with Gasteiger partial charge in [-0.05, 0) is 59.9 Å². The molecule has 1 unspecified atom stereocenters. The zero-order chi connectivity index (χ0) is 14.6. The Kier molecular flexibility index (Phi) is 5.29. The second-order valence-corrected chi connectivity index (χ2v) is 7.56. The van der Waals surface area contributed by atoms with E-state index in [0.717, 1.165) is 25.9 Å². The monoisotopic (exact) mass is 362 g/mol. The first-order valence-corrected chi connectivity index (χ1v) is 8.99. The van der Waals surface area contributed by atoms with Crippen molar-refractivity contribution in [3.63, 3.8) is 0 Å². The van der Waals surface area contributed by atoms with Crippen LogP contribution in [0, 0.1) is 5.92 Å². The van der Waals surface area contributed by atoms with Crippen molar-refractivity contribution in [2.45, 2.75) is 12.8 Å². The predicted molar refractivity (Wildman–Crippen MR) is 83.7 cm³/mol. The lowest BCUT2D eigenvalue weighted by Crippen LogP contribution is -2.35. The summed E-state index contributed by atoms with van der Waals surface area (Å²) in [7, 11) is -1.81. The Labute approximate surface area is 128 Å². The molecule has 0 aliphatic carbocycles. The van der Waals surface area contributed by atoms with Crippen LogP contribution in [0.3, 0.4) is 0 Å². The van der Waals surface area contributed by atoms with Crippen molar-refractivity contribution >= 4 is 31.6 Å². The van der Waals surface area contributed by atoms with Crippen LogP contribution in [0.5, 0.6) is 5.75 Å². The van der Waals surface area contributed by atoms with Crippen molar-refractivity contribution in [3.8, 4) is 5.75 Å². The minimum atomic E-state index is -3.36. The highest BCUT2D eigenvalue weighted by molar-refractivity contribution is 9.10. The fourth-order valence-corrected chi connectivity index (χ4v) is 4.26. The lowest BCUT2D eigenvalue weighted by molar-refractivity contribution is 0.404. The number of methoxy groups -OCH3 is 1. The van der Waals surface area contributed by atoms with Gasteiger partial charge in [-0.2, -0.15) is 0 Å². The normalized spacial score (nSPS) is 19.6. The molecule has 1 heterocycles. The summed E-state index contributed by atoms with van der Waals surface area (Å²) < 4.78 is 32.9. The molecule has 0 amide bonds. The van der Waals surface area contributed by atoms with E-state index in [1.807, 2.05) is 0 Å². The molecular weight excluding hydrogens is 344 g/mol. The van der Waals surface area contributed by atoms with Crippen LogP contribution in [-0.2, 0) is 10.0 Å². The third-order valence-electron chi connectivity index (χ3n) is 3.29. The van der Waals surface area contributed by atoms with Crippen LogP contribution >= 0.6 is 15.9 Å². The molecule has 7 heteroatoms. The molecule has 1 atom stereocenters. The number of piperidine rings is 1. The van der Waals surface area contributed by atoms with Gasteiger partial charge in [-0.15, -0.1) is 0 Å². The first-order valence-electron chi connectivity index (χ1n) is 6.55. The molecule has 1 saturated heterocycles. The SMILES string of the molecule is COc1ccc(Br)c(NS(=O)(=O)CC2CCCNC2)c1. The number of ether oxygens (including phenoxy) is 1. The summed E-state index contributed by atoms with van der Waals surface area (Å²) in [4.78, 5) is 0. The van der Waals surface area contributed by atoms with Crippen LogP contribution < -0.4 is 14.8 Å². The summed E-state index contributed by atoms with van der Waals surface area (Å²) in [6.07, 6.45) is 1.98. The van der Waals surface area contributed by atoms with Crippen molar-refractivity contribution in [1.29, 1.82) is 0 Å². The summed E-state index contributed by atoms with van der Waals surface area (Å²) in [5, 5.41) is 3.23. The molecule has 0 aromatic heterocycles. The number of hydrogen-bond acceptors (Lipinski definition) is 4. The molecule has 0 radical (unpaired) electrons. The first kappa shape index (κ1) is 15.6. The molecule has 112 valence electrons. The van der Waals surface area contributed by atoms with E-state index in [4.69, 9.17) is 4.74 Å². The van der Waals surface area contributed by atoms with Crippen LogP contribution in [0.15, 0.2) is 22.7 Å². The van der Waals surface area contributed by atoms with Gasteiger partial charge < -0.3 is 10.1 Å². The maximum absolute atomic E-state index is 12.2. The van der Waals surface area contributed by atoms with Crippen LogP contribution in [0.1, 0.15) is 12.8 Å². The Morgan fingerprint density at radius 2 is 2.30 bits per heavy atom. The first-order chi connectivity index (χ1) is 9.50. The average molecular weight is 363 g/mol. The molecule has 2 rings (SSSR count). The molecule has 2 N–H and O–H groups in total. The van der Waals surface area contributed by atoms with Crippen molar-refractivity contribution in [2.24, 2.45) is 5.92 Å². The lowest BCUT2D eigenvalue weighted by atomic mass is 10.0. The van der Waals surface area contributed by atoms with E-state index in [2.05, 4.69) is 26.0 Å². The van der Waals surface area contributed by atoms with E-state index in [-0.39, 0.29) is 11.7 Å². The summed E-state index contributed by atoms with van der Waals surface area (Å²) >= 11 is 3.34. The summed E-state index contributed by atoms with van der Waals surface area (Å²) in [5.74, 6) is 0.930. The number of rotatable bonds is 5. The minimum Gasteiger partial charge on any atom is -0.497 e. The fraction of sp³-hybridized carbons (Fsp3) is 0.538. The van der Waals surface area contributed by atoms with Gasteiger partial charge in [0.1, 0.15) is 5.75 Å². The quantitative estimate of drug-likeness (QED) is 0.842. The maximum Gasteiger partial charge on any atom is 0.233 e. The zero-order valence-electron chi connectivity index (χ0n) is 11.4. The summed E-state index contributed by atoms with van der Waals surface area (Å²) in [6.45, 7) is 1.74. The third-order valence-corrected chi connectivity index (χ3v) is 5.43. The van der Waals surface area contributed by atoms with Gasteiger partial charge >= 0.3 is 0 Å². The maximum atomic E-state index is 12.2. The molecule has 1 aromatic rings. The number of anilines is 1. The average Bonchev–Trinajstić information content (AvgIpc) is 2.41. The highest BCUT2D eigenvalue weighted by Crippen LogP contribution is 2.28. The van der Waals surface area contributed by atoms with Gasteiger partial charge in [-0.25, -0.2) is 8.42 Å². The third kappa shape index (κ3) is 4.36. The summed E-state index contributed by atoms with van der Waals surface area (Å²) in [5.41, 5.74) is 0.508. The van der Waals surface area contributed by atoms with Gasteiger partial charge in [0.15, 0.2) is 0 Å². The Bertz CT molecular complexity index is 557. The molecule has 5 nitrogen and oxygen atoms in total. The second kappa shape index (κ2) is 6.78. The van der Waals surface area contributed by atoms with E-state index >= 15 is 0 Å². The molecule has 1 aromatic carbocycles. The van der Waals surface area contributed by atoms with E-state index < -0.39 is 10.0 Å². The number of halogens is 1. The van der Waals surface area contributed by atoms with E-state index in [1.165, 1.54) is 0 Å². The molecule has 1 aliphatic heterocycles. The van der Waals surface area contributed by atoms with Crippen LogP contribution in [-0.4, -0.2) is 34.4 Å². The molecule has 20 heavy (non-hydrogen) atoms. The van der Waals surface area contributed by atoms with Crippen LogP contribution in [0.25, 0.3) is 0 Å². The Morgan fingerprint density at radius 1 is 1.50 bits per heavy atom. The van der Waals surface area contributed by atoms with Gasteiger partial charge in [-0.3, -0.25) is 4.72 Å². The van der Waals surface area contributed by atoms with E-state index in [1.54, 1.807) is 25.3 Å². The zero-order valence-corrected chi connectivity index (χ0v) is 13.8. The van der Waals surface area contributed by atoms with Gasteiger partial charge in [-0.1, -0.05) is 0 Å². The molecule has 0 spiro atoms. The van der Waals surface area contributed by atoms with Gasteiger partial charge in [0.05, 0.1) is 18.6 Å². The number of benzene rings is 1. The number of sulfonamides is 1. The standard InChI is InChI=1S/C13H19BrN2O3S/c1-19-11-4-5-12(14)13(7-11)16-20(17,18)9-10-3-2-6-15-8-10/h4-5,7,10,15-16H,2-3,6,8-9H2,1H3. The van der Waals surface area contributed by atoms with Crippen LogP contribution in [0.2, 0.25) is 0 Å². The van der Waals surface area contributed by atoms with Gasteiger partial charge in [0.2, 0.25) is 10.0 Å². The highest BCUT2D eigenvalue weighted by Gasteiger charge is 2.21. The topological polar surface area (TPSA) is 67.4 Å². The van der Waals surface area contributed by atoms with Crippen molar-refractivity contribution < 1.29 is 13.2 Å². The highest BCUT2D eigenvalue weighted by atomic mass is 79.9. The molecule has 0 saturated carbocycles. The molecule has 1 aliphatic rings. The van der Waals surface area contributed by atoms with Crippen molar-refractivity contribution in [1.82, 2.24) is 5.32 Å². The Morgan fingerprint density at radius 3 is 2.95 bits per heavy atom. The Balaban J connectivity index is 2.07. The van der Waals surface area contributed by atoms with E-state index in [0.29, 0.717) is 15.9 Å². The number of nitrogens with one attached hydrogen (secondary N) is 2. The molecule has 1 fully saturated rings. The number of hydrogen-bond donors (Lipinski definition) is 2. The van der Waals surface area contributed by atoms with Gasteiger partial charge in [0.25, 0.3) is 0 Å². The smallest absolute Gasteiger partial charge is 0.233 e. The Hall–Kier alpha value is -0.790. The van der Waals surface area contributed by atoms with Crippen molar-refractivity contribution in [2.75, 3.05) is 30.7 Å². The molecule has 0 bridgehead atoms. The van der Waals surface area contributed by atoms with Crippen LogP contribution in [0.4, 0.5) is 5.69 Å². The minimum absolute atomic E-state index is 0.143. The molecular formula is C13H19BrN2O3S. The predicted octanol–water partition coefficient (Wildman–Crippen LogP) is 2.20. The largest absolute Gasteiger partial charge is 0.497 e. The van der Waals surface area contributed by atoms with Crippen molar-refractivity contribution in [3.05, 3.63) is 22.7 Å².